The molecule has 2 aromatic carbocycles. The third kappa shape index (κ3) is 6.71. The first-order valence-electron chi connectivity index (χ1n) is 8.91. The number of benzene rings is 2. The Hall–Kier alpha value is -2.13. The smallest absolute Gasteiger partial charge is 0.267 e. The summed E-state index contributed by atoms with van der Waals surface area (Å²) >= 11 is 5.85. The highest BCUT2D eigenvalue weighted by molar-refractivity contribution is 7.89. The zero-order valence-electron chi connectivity index (χ0n) is 16.7. The van der Waals surface area contributed by atoms with Gasteiger partial charge in [0, 0.05) is 23.9 Å². The van der Waals surface area contributed by atoms with Crippen LogP contribution in [0, 0.1) is 0 Å². The lowest BCUT2D eigenvalue weighted by atomic mass is 10.1. The second kappa shape index (κ2) is 9.58. The van der Waals surface area contributed by atoms with Gasteiger partial charge in [0.25, 0.3) is 5.91 Å². The molecular weight excluding hydrogens is 416 g/mol. The molecule has 1 amide bonds. The molecule has 2 aromatic rings. The number of anilines is 1. The van der Waals surface area contributed by atoms with Gasteiger partial charge < -0.3 is 14.8 Å². The molecule has 1 unspecified atom stereocenters. The van der Waals surface area contributed by atoms with E-state index in [1.807, 2.05) is 0 Å². The molecule has 0 spiro atoms. The van der Waals surface area contributed by atoms with Crippen molar-refractivity contribution < 1.29 is 22.7 Å². The second-order valence-electron chi connectivity index (χ2n) is 7.02. The van der Waals surface area contributed by atoms with Crippen LogP contribution in [0.4, 0.5) is 5.69 Å². The first-order valence-corrected chi connectivity index (χ1v) is 10.8. The molecule has 0 saturated carbocycles. The second-order valence-corrected chi connectivity index (χ2v) is 9.17. The number of methoxy groups -OCH3 is 1. The molecule has 0 heterocycles. The average Bonchev–Trinajstić information content (AvgIpc) is 2.63. The minimum absolute atomic E-state index is 0.0927. The Morgan fingerprint density at radius 2 is 1.69 bits per heavy atom. The summed E-state index contributed by atoms with van der Waals surface area (Å²) in [6, 6.07) is 12.2. The van der Waals surface area contributed by atoms with Crippen molar-refractivity contribution in [3.8, 4) is 5.75 Å². The Kier molecular flexibility index (Phi) is 7.65. The van der Waals surface area contributed by atoms with E-state index in [9.17, 15) is 13.2 Å². The molecule has 0 radical (unpaired) electrons. The fourth-order valence-corrected chi connectivity index (χ4v) is 3.81. The first-order chi connectivity index (χ1) is 13.5. The summed E-state index contributed by atoms with van der Waals surface area (Å²) in [6.07, 6.45) is 0. The number of nitrogens with one attached hydrogen (secondary N) is 2. The van der Waals surface area contributed by atoms with Gasteiger partial charge in [0.15, 0.2) is 5.60 Å². The summed E-state index contributed by atoms with van der Waals surface area (Å²) in [6.45, 7) is 5.24. The van der Waals surface area contributed by atoms with Crippen molar-refractivity contribution in [2.75, 3.05) is 19.0 Å². The SMILES string of the molecule is COCC(C)NS(=O)(=O)c1ccc(NC(=O)C(C)(C)Oc2ccc(Cl)cc2)cc1. The van der Waals surface area contributed by atoms with Gasteiger partial charge in [-0.3, -0.25) is 4.79 Å². The fraction of sp³-hybridized carbons (Fsp3) is 0.350. The van der Waals surface area contributed by atoms with Crippen LogP contribution in [0.25, 0.3) is 0 Å². The fourth-order valence-electron chi connectivity index (χ4n) is 2.46. The number of halogens is 1. The zero-order valence-corrected chi connectivity index (χ0v) is 18.3. The summed E-state index contributed by atoms with van der Waals surface area (Å²) in [5.74, 6) is 0.127. The Morgan fingerprint density at radius 1 is 1.10 bits per heavy atom. The molecular formula is C20H25ClN2O5S. The topological polar surface area (TPSA) is 93.7 Å². The Balaban J connectivity index is 2.04. The van der Waals surface area contributed by atoms with E-state index < -0.39 is 15.6 Å². The molecule has 2 rings (SSSR count). The minimum Gasteiger partial charge on any atom is -0.478 e. The number of hydrogen-bond acceptors (Lipinski definition) is 5. The minimum atomic E-state index is -3.68. The summed E-state index contributed by atoms with van der Waals surface area (Å²) in [5, 5.41) is 3.30. The molecule has 0 aliphatic carbocycles. The van der Waals surface area contributed by atoms with Crippen LogP contribution in [0.1, 0.15) is 20.8 Å². The van der Waals surface area contributed by atoms with Crippen LogP contribution >= 0.6 is 11.6 Å². The van der Waals surface area contributed by atoms with Gasteiger partial charge >= 0.3 is 0 Å². The lowest BCUT2D eigenvalue weighted by molar-refractivity contribution is -0.128. The van der Waals surface area contributed by atoms with Crippen molar-refractivity contribution in [3.05, 3.63) is 53.6 Å². The largest absolute Gasteiger partial charge is 0.478 e. The quantitative estimate of drug-likeness (QED) is 0.622. The summed E-state index contributed by atoms with van der Waals surface area (Å²) in [5.41, 5.74) is -0.706. The Morgan fingerprint density at radius 3 is 2.24 bits per heavy atom. The van der Waals surface area contributed by atoms with E-state index in [1.165, 1.54) is 31.4 Å². The van der Waals surface area contributed by atoms with E-state index in [-0.39, 0.29) is 23.5 Å². The molecule has 7 nitrogen and oxygen atoms in total. The van der Waals surface area contributed by atoms with Gasteiger partial charge in [0.2, 0.25) is 10.0 Å². The number of hydrogen-bond donors (Lipinski definition) is 2. The predicted molar refractivity (Wildman–Crippen MR) is 113 cm³/mol. The van der Waals surface area contributed by atoms with E-state index in [1.54, 1.807) is 45.0 Å². The number of ether oxygens (including phenoxy) is 2. The number of carbonyl (C=O) groups is 1. The van der Waals surface area contributed by atoms with Crippen molar-refractivity contribution in [1.29, 1.82) is 0 Å². The maximum atomic E-state index is 12.6. The van der Waals surface area contributed by atoms with Crippen molar-refractivity contribution >= 4 is 33.2 Å². The van der Waals surface area contributed by atoms with Crippen molar-refractivity contribution in [3.63, 3.8) is 0 Å². The molecule has 0 saturated heterocycles. The molecule has 0 aliphatic rings. The summed E-state index contributed by atoms with van der Waals surface area (Å²) in [7, 11) is -2.18. The van der Waals surface area contributed by atoms with Crippen LogP contribution in [0.15, 0.2) is 53.4 Å². The average molecular weight is 441 g/mol. The lowest BCUT2D eigenvalue weighted by Crippen LogP contribution is -2.42. The van der Waals surface area contributed by atoms with Crippen LogP contribution in [-0.2, 0) is 19.6 Å². The summed E-state index contributed by atoms with van der Waals surface area (Å²) < 4.78 is 37.9. The Bertz CT molecular complexity index is 928. The van der Waals surface area contributed by atoms with E-state index in [2.05, 4.69) is 10.0 Å². The van der Waals surface area contributed by atoms with E-state index in [0.29, 0.717) is 16.5 Å². The van der Waals surface area contributed by atoms with Crippen molar-refractivity contribution in [2.24, 2.45) is 0 Å². The molecule has 0 bridgehead atoms. The maximum Gasteiger partial charge on any atom is 0.267 e. The normalized spacial score (nSPS) is 13.0. The summed E-state index contributed by atoms with van der Waals surface area (Å²) in [4.78, 5) is 12.7. The lowest BCUT2D eigenvalue weighted by Gasteiger charge is -2.25. The molecule has 2 N–H and O–H groups in total. The number of rotatable bonds is 9. The van der Waals surface area contributed by atoms with Gasteiger partial charge in [0.1, 0.15) is 5.75 Å². The van der Waals surface area contributed by atoms with E-state index in [0.717, 1.165) is 0 Å². The van der Waals surface area contributed by atoms with Crippen LogP contribution in [0.5, 0.6) is 5.75 Å². The number of sulfonamides is 1. The molecule has 1 atom stereocenters. The maximum absolute atomic E-state index is 12.6. The van der Waals surface area contributed by atoms with Crippen molar-refractivity contribution in [1.82, 2.24) is 4.72 Å². The first kappa shape index (κ1) is 23.2. The van der Waals surface area contributed by atoms with Crippen LogP contribution in [-0.4, -0.2) is 39.7 Å². The molecule has 0 aliphatic heterocycles. The van der Waals surface area contributed by atoms with Gasteiger partial charge in [-0.05, 0) is 69.3 Å². The highest BCUT2D eigenvalue weighted by Crippen LogP contribution is 2.22. The third-order valence-corrected chi connectivity index (χ3v) is 5.79. The van der Waals surface area contributed by atoms with Crippen LogP contribution in [0.2, 0.25) is 5.02 Å². The van der Waals surface area contributed by atoms with Gasteiger partial charge in [0.05, 0.1) is 11.5 Å². The molecule has 0 fully saturated rings. The third-order valence-electron chi connectivity index (χ3n) is 3.93. The molecule has 9 heteroatoms. The van der Waals surface area contributed by atoms with Gasteiger partial charge in [-0.15, -0.1) is 0 Å². The molecule has 29 heavy (non-hydrogen) atoms. The van der Waals surface area contributed by atoms with Gasteiger partial charge in [-0.25, -0.2) is 13.1 Å². The van der Waals surface area contributed by atoms with E-state index >= 15 is 0 Å². The predicted octanol–water partition coefficient (Wildman–Crippen LogP) is 3.45. The van der Waals surface area contributed by atoms with Gasteiger partial charge in [-0.2, -0.15) is 0 Å². The Labute approximate surface area is 176 Å². The molecule has 0 aromatic heterocycles. The zero-order chi connectivity index (χ0) is 21.7. The standard InChI is InChI=1S/C20H25ClN2O5S/c1-14(13-27-4)23-29(25,26)18-11-7-16(8-12-18)22-19(24)20(2,3)28-17-9-5-15(21)6-10-17/h5-12,14,23H,13H2,1-4H3,(H,22,24). The number of amides is 1. The van der Waals surface area contributed by atoms with Crippen molar-refractivity contribution in [2.45, 2.75) is 37.3 Å². The van der Waals surface area contributed by atoms with E-state index in [4.69, 9.17) is 21.1 Å². The highest BCUT2D eigenvalue weighted by Gasteiger charge is 2.30. The number of carbonyl (C=O) groups excluding carboxylic acids is 1. The molecule has 158 valence electrons. The monoisotopic (exact) mass is 440 g/mol. The highest BCUT2D eigenvalue weighted by atomic mass is 35.5. The van der Waals surface area contributed by atoms with Crippen LogP contribution < -0.4 is 14.8 Å². The van der Waals surface area contributed by atoms with Crippen LogP contribution in [0.3, 0.4) is 0 Å². The van der Waals surface area contributed by atoms with Gasteiger partial charge in [-0.1, -0.05) is 11.6 Å².